The lowest BCUT2D eigenvalue weighted by molar-refractivity contribution is -0.141. The van der Waals surface area contributed by atoms with Crippen LogP contribution in [0.4, 0.5) is 13.2 Å². The van der Waals surface area contributed by atoms with Gasteiger partial charge in [0.15, 0.2) is 6.61 Å². The highest BCUT2D eigenvalue weighted by atomic mass is 35.5. The zero-order chi connectivity index (χ0) is 39.6. The van der Waals surface area contributed by atoms with E-state index in [-0.39, 0.29) is 42.4 Å². The SMILES string of the molecule is COc1nc(O[C@H]2CCc3c(-c4cccc(-c5ccc(CNC[C@@H]6CCC(=O)N6)c(OCC#N)n5)c4Cl)cccc32)c(C(F)(F)F)cc1CNC1(C(=O)O)CC1. The first-order valence-electron chi connectivity index (χ1n) is 18.1. The van der Waals surface area contributed by atoms with Gasteiger partial charge in [-0.25, -0.2) is 4.98 Å². The van der Waals surface area contributed by atoms with Gasteiger partial charge in [0.05, 0.1) is 17.8 Å². The fraction of sp³-hybridized carbons (Fsp3) is 0.375. The zero-order valence-electron chi connectivity index (χ0n) is 30.3. The van der Waals surface area contributed by atoms with Gasteiger partial charge in [0.2, 0.25) is 23.5 Å². The van der Waals surface area contributed by atoms with Gasteiger partial charge in [-0.05, 0) is 60.9 Å². The molecule has 16 heteroatoms. The summed E-state index contributed by atoms with van der Waals surface area (Å²) in [7, 11) is 1.28. The van der Waals surface area contributed by atoms with E-state index in [1.165, 1.54) is 7.11 Å². The third-order valence-corrected chi connectivity index (χ3v) is 10.7. The average Bonchev–Trinajstić information content (AvgIpc) is 3.71. The summed E-state index contributed by atoms with van der Waals surface area (Å²) < 4.78 is 60.5. The number of carboxylic acids is 1. The number of nitrogens with zero attached hydrogens (tertiary/aromatic N) is 3. The van der Waals surface area contributed by atoms with Crippen LogP contribution in [0.15, 0.2) is 54.6 Å². The van der Waals surface area contributed by atoms with Gasteiger partial charge in [-0.3, -0.25) is 14.9 Å². The molecular formula is C40H38ClF3N6O6. The highest BCUT2D eigenvalue weighted by molar-refractivity contribution is 6.36. The second-order valence-electron chi connectivity index (χ2n) is 14.0. The number of benzene rings is 2. The summed E-state index contributed by atoms with van der Waals surface area (Å²) in [6.07, 6.45) is -2.71. The maximum absolute atomic E-state index is 14.5. The number of ether oxygens (including phenoxy) is 3. The number of alkyl halides is 3. The van der Waals surface area contributed by atoms with Gasteiger partial charge >= 0.3 is 12.1 Å². The Labute approximate surface area is 325 Å². The number of amides is 1. The fourth-order valence-corrected chi connectivity index (χ4v) is 7.55. The van der Waals surface area contributed by atoms with Crippen LogP contribution in [0, 0.1) is 11.3 Å². The van der Waals surface area contributed by atoms with Crippen LogP contribution in [0.5, 0.6) is 17.6 Å². The number of nitriles is 1. The summed E-state index contributed by atoms with van der Waals surface area (Å²) in [5.74, 6) is -1.49. The van der Waals surface area contributed by atoms with Crippen LogP contribution in [-0.4, -0.2) is 58.8 Å². The van der Waals surface area contributed by atoms with Crippen molar-refractivity contribution in [1.29, 1.82) is 5.26 Å². The maximum atomic E-state index is 14.5. The number of carbonyl (C=O) groups excluding carboxylic acids is 1. The number of fused-ring (bicyclic) bond motifs is 1. The van der Waals surface area contributed by atoms with Crippen molar-refractivity contribution in [2.75, 3.05) is 20.3 Å². The molecule has 292 valence electrons. The first-order valence-corrected chi connectivity index (χ1v) is 18.5. The van der Waals surface area contributed by atoms with E-state index in [2.05, 4.69) is 20.9 Å². The molecule has 7 rings (SSSR count). The number of hydrogen-bond donors (Lipinski definition) is 4. The zero-order valence-corrected chi connectivity index (χ0v) is 31.0. The number of aromatic nitrogens is 2. The largest absolute Gasteiger partial charge is 0.481 e. The van der Waals surface area contributed by atoms with Gasteiger partial charge < -0.3 is 30.0 Å². The Kier molecular flexibility index (Phi) is 11.1. The third kappa shape index (κ3) is 8.09. The molecule has 2 aromatic carbocycles. The standard InChI is InChI=1S/C40H38ClF3N6O6/c1-54-35-23(20-47-39(14-15-39)38(52)53)18-30(40(42,43)44)37(50-35)56-32-12-10-26-25(4-2-5-27(26)32)28-6-3-7-29(34(28)41)31-11-8-22(36(49-31)55-17-16-45)19-46-21-24-9-13-33(51)48-24/h2-8,11,18,24,32,46-47H,9-10,12-15,17,19-21H2,1H3,(H,48,51)(H,52,53)/t24-,32-/m0/s1. The van der Waals surface area contributed by atoms with E-state index < -0.39 is 35.2 Å². The van der Waals surface area contributed by atoms with Gasteiger partial charge in [0.1, 0.15) is 23.3 Å². The Bertz CT molecular complexity index is 2210. The summed E-state index contributed by atoms with van der Waals surface area (Å²) in [6.45, 7) is 0.571. The minimum atomic E-state index is -4.82. The van der Waals surface area contributed by atoms with Gasteiger partial charge in [-0.15, -0.1) is 0 Å². The predicted molar refractivity (Wildman–Crippen MR) is 198 cm³/mol. The van der Waals surface area contributed by atoms with Crippen molar-refractivity contribution in [2.24, 2.45) is 0 Å². The Hall–Kier alpha value is -5.43. The van der Waals surface area contributed by atoms with E-state index in [9.17, 15) is 33.1 Å². The molecule has 1 amide bonds. The Morgan fingerprint density at radius 1 is 1.02 bits per heavy atom. The lowest BCUT2D eigenvalue weighted by Crippen LogP contribution is -2.38. The second-order valence-corrected chi connectivity index (χ2v) is 14.4. The smallest absolute Gasteiger partial charge is 0.421 e. The lowest BCUT2D eigenvalue weighted by Gasteiger charge is -2.21. The highest BCUT2D eigenvalue weighted by Gasteiger charge is 2.50. The van der Waals surface area contributed by atoms with Crippen LogP contribution >= 0.6 is 11.6 Å². The molecule has 1 saturated heterocycles. The predicted octanol–water partition coefficient (Wildman–Crippen LogP) is 6.54. The van der Waals surface area contributed by atoms with Crippen LogP contribution in [0.1, 0.15) is 66.0 Å². The highest BCUT2D eigenvalue weighted by Crippen LogP contribution is 2.46. The minimum Gasteiger partial charge on any atom is -0.481 e. The molecule has 0 bridgehead atoms. The monoisotopic (exact) mass is 790 g/mol. The Morgan fingerprint density at radius 2 is 1.79 bits per heavy atom. The molecule has 0 unspecified atom stereocenters. The molecule has 1 saturated carbocycles. The van der Waals surface area contributed by atoms with Crippen LogP contribution in [-0.2, 0) is 35.3 Å². The van der Waals surface area contributed by atoms with Gasteiger partial charge in [-0.2, -0.15) is 23.4 Å². The number of hydrogen-bond acceptors (Lipinski definition) is 10. The fourth-order valence-electron chi connectivity index (χ4n) is 7.23. The van der Waals surface area contributed by atoms with Crippen molar-refractivity contribution in [3.05, 3.63) is 87.4 Å². The molecule has 12 nitrogen and oxygen atoms in total. The Morgan fingerprint density at radius 3 is 2.48 bits per heavy atom. The number of pyridine rings is 2. The molecule has 0 radical (unpaired) electrons. The number of aliphatic carboxylic acids is 1. The summed E-state index contributed by atoms with van der Waals surface area (Å²) in [5, 5.41) is 28.2. The topological polar surface area (TPSA) is 168 Å². The molecule has 2 aromatic heterocycles. The number of carboxylic acid groups (broad SMARTS) is 1. The van der Waals surface area contributed by atoms with Crippen molar-refractivity contribution in [1.82, 2.24) is 25.9 Å². The summed E-state index contributed by atoms with van der Waals surface area (Å²) in [6, 6.07) is 17.6. The van der Waals surface area contributed by atoms with Crippen molar-refractivity contribution < 1.29 is 42.1 Å². The molecule has 56 heavy (non-hydrogen) atoms. The van der Waals surface area contributed by atoms with E-state index in [1.54, 1.807) is 6.07 Å². The first-order chi connectivity index (χ1) is 26.9. The van der Waals surface area contributed by atoms with Gasteiger partial charge in [-0.1, -0.05) is 54.1 Å². The lowest BCUT2D eigenvalue weighted by atomic mass is 9.94. The molecule has 1 aliphatic heterocycles. The molecule has 3 heterocycles. The van der Waals surface area contributed by atoms with E-state index in [1.807, 2.05) is 48.5 Å². The molecule has 4 aromatic rings. The molecular weight excluding hydrogens is 753 g/mol. The van der Waals surface area contributed by atoms with Gasteiger partial charge in [0, 0.05) is 54.4 Å². The van der Waals surface area contributed by atoms with Crippen LogP contribution in [0.3, 0.4) is 0 Å². The summed E-state index contributed by atoms with van der Waals surface area (Å²) >= 11 is 7.11. The van der Waals surface area contributed by atoms with Gasteiger partial charge in [0.25, 0.3) is 0 Å². The Balaban J connectivity index is 1.14. The van der Waals surface area contributed by atoms with E-state index in [4.69, 9.17) is 30.8 Å². The molecule has 0 spiro atoms. The summed E-state index contributed by atoms with van der Waals surface area (Å²) in [4.78, 5) is 32.1. The molecule has 3 aliphatic rings. The third-order valence-electron chi connectivity index (χ3n) is 10.3. The first kappa shape index (κ1) is 38.8. The molecule has 2 fully saturated rings. The van der Waals surface area contributed by atoms with Crippen molar-refractivity contribution in [2.45, 2.75) is 75.5 Å². The van der Waals surface area contributed by atoms with E-state index in [0.29, 0.717) is 72.6 Å². The number of nitrogens with one attached hydrogen (secondary N) is 3. The minimum absolute atomic E-state index is 0.0325. The van der Waals surface area contributed by atoms with E-state index in [0.717, 1.165) is 29.2 Å². The quantitative estimate of drug-likeness (QED) is 0.103. The van der Waals surface area contributed by atoms with Crippen molar-refractivity contribution >= 4 is 23.5 Å². The number of methoxy groups -OCH3 is 1. The average molecular weight is 791 g/mol. The maximum Gasteiger partial charge on any atom is 0.421 e. The number of halogens is 4. The van der Waals surface area contributed by atoms with Crippen molar-refractivity contribution in [3.63, 3.8) is 0 Å². The molecule has 2 atom stereocenters. The molecule has 4 N–H and O–H groups in total. The summed E-state index contributed by atoms with van der Waals surface area (Å²) in [5.41, 5.74) is 2.69. The number of carbonyl (C=O) groups is 2. The van der Waals surface area contributed by atoms with E-state index >= 15 is 0 Å². The normalized spacial score (nSPS) is 18.2. The van der Waals surface area contributed by atoms with Crippen LogP contribution in [0.2, 0.25) is 5.02 Å². The van der Waals surface area contributed by atoms with Crippen LogP contribution in [0.25, 0.3) is 22.4 Å². The van der Waals surface area contributed by atoms with Crippen LogP contribution < -0.4 is 30.2 Å². The van der Waals surface area contributed by atoms with Crippen molar-refractivity contribution in [3.8, 4) is 46.1 Å². The molecule has 2 aliphatic carbocycles. The second kappa shape index (κ2) is 16.0. The number of rotatable bonds is 15.